The zero-order chi connectivity index (χ0) is 20.5. The second kappa shape index (κ2) is 24.2. The molecule has 0 unspecified atom stereocenters. The van der Waals surface area contributed by atoms with Gasteiger partial charge in [0.25, 0.3) is 0 Å². The topological polar surface area (TPSA) is 43.1 Å². The highest BCUT2D eigenvalue weighted by Crippen LogP contribution is 2.14. The van der Waals surface area contributed by atoms with Crippen LogP contribution in [-0.2, 0) is 4.79 Å². The number of rotatable bonds is 23. The molecule has 0 fully saturated rings. The number of hydrogen-bond donors (Lipinski definition) is 1. The molecular formula is C26H51NO. The number of primary amides is 1. The van der Waals surface area contributed by atoms with Crippen LogP contribution in [0, 0.1) is 0 Å². The molecule has 0 spiro atoms. The lowest BCUT2D eigenvalue weighted by Gasteiger charge is -2.03. The van der Waals surface area contributed by atoms with E-state index in [4.69, 9.17) is 5.73 Å². The van der Waals surface area contributed by atoms with E-state index in [1.807, 2.05) is 0 Å². The Hall–Kier alpha value is -0.790. The van der Waals surface area contributed by atoms with Crippen LogP contribution in [0.5, 0.6) is 0 Å². The summed E-state index contributed by atoms with van der Waals surface area (Å²) in [6, 6.07) is 0. The van der Waals surface area contributed by atoms with Gasteiger partial charge in [0, 0.05) is 6.42 Å². The van der Waals surface area contributed by atoms with Crippen molar-refractivity contribution in [1.82, 2.24) is 0 Å². The Bertz CT molecular complexity index is 337. The van der Waals surface area contributed by atoms with Crippen LogP contribution in [0.25, 0.3) is 0 Å². The van der Waals surface area contributed by atoms with Crippen molar-refractivity contribution >= 4 is 5.91 Å². The van der Waals surface area contributed by atoms with Gasteiger partial charge in [-0.25, -0.2) is 0 Å². The summed E-state index contributed by atoms with van der Waals surface area (Å²) in [5, 5.41) is 0. The maximum atomic E-state index is 10.6. The lowest BCUT2D eigenvalue weighted by atomic mass is 10.0. The smallest absolute Gasteiger partial charge is 0.217 e. The second-order valence-electron chi connectivity index (χ2n) is 8.63. The van der Waals surface area contributed by atoms with E-state index >= 15 is 0 Å². The zero-order valence-corrected chi connectivity index (χ0v) is 19.2. The number of carbonyl (C=O) groups is 1. The van der Waals surface area contributed by atoms with Crippen molar-refractivity contribution in [1.29, 1.82) is 0 Å². The van der Waals surface area contributed by atoms with Gasteiger partial charge in [-0.05, 0) is 19.3 Å². The number of hydrogen-bond acceptors (Lipinski definition) is 1. The molecule has 2 nitrogen and oxygen atoms in total. The van der Waals surface area contributed by atoms with Gasteiger partial charge in [0.1, 0.15) is 0 Å². The molecule has 28 heavy (non-hydrogen) atoms. The van der Waals surface area contributed by atoms with E-state index < -0.39 is 0 Å². The summed E-state index contributed by atoms with van der Waals surface area (Å²) in [5.41, 5.74) is 5.11. The van der Waals surface area contributed by atoms with Crippen molar-refractivity contribution in [3.8, 4) is 0 Å². The first-order valence-electron chi connectivity index (χ1n) is 12.7. The van der Waals surface area contributed by atoms with E-state index in [0.717, 1.165) is 12.8 Å². The summed E-state index contributed by atoms with van der Waals surface area (Å²) in [6.45, 7) is 2.29. The molecule has 0 radical (unpaired) electrons. The van der Waals surface area contributed by atoms with Gasteiger partial charge in [0.15, 0.2) is 0 Å². The van der Waals surface area contributed by atoms with Crippen molar-refractivity contribution < 1.29 is 4.79 Å². The molecule has 0 aromatic heterocycles. The molecule has 166 valence electrons. The molecule has 0 aliphatic heterocycles. The van der Waals surface area contributed by atoms with E-state index in [1.54, 1.807) is 0 Å². The van der Waals surface area contributed by atoms with Crippen molar-refractivity contribution in [2.45, 2.75) is 148 Å². The van der Waals surface area contributed by atoms with Crippen molar-refractivity contribution in [3.05, 3.63) is 12.2 Å². The summed E-state index contributed by atoms with van der Waals surface area (Å²) in [6.07, 6.45) is 33.9. The lowest BCUT2D eigenvalue weighted by Crippen LogP contribution is -2.08. The standard InChI is InChI=1S/C26H51NO/c1-2-3-4-5-6-7-8-9-10-11-12-13-14-15-16-17-18-19-20-21-22-23-24-25-26(27)28/h22-23H,2-21,24-25H2,1H3,(H2,27,28). The van der Waals surface area contributed by atoms with E-state index in [2.05, 4.69) is 19.1 Å². The van der Waals surface area contributed by atoms with Crippen molar-refractivity contribution in [2.75, 3.05) is 0 Å². The zero-order valence-electron chi connectivity index (χ0n) is 19.2. The van der Waals surface area contributed by atoms with Crippen LogP contribution in [0.3, 0.4) is 0 Å². The van der Waals surface area contributed by atoms with Gasteiger partial charge in [-0.1, -0.05) is 135 Å². The van der Waals surface area contributed by atoms with Gasteiger partial charge in [-0.2, -0.15) is 0 Å². The molecule has 2 heteroatoms. The number of nitrogens with two attached hydrogens (primary N) is 1. The highest BCUT2D eigenvalue weighted by atomic mass is 16.1. The van der Waals surface area contributed by atoms with Gasteiger partial charge < -0.3 is 5.73 Å². The Morgan fingerprint density at radius 3 is 1.21 bits per heavy atom. The maximum absolute atomic E-state index is 10.6. The van der Waals surface area contributed by atoms with Gasteiger partial charge >= 0.3 is 0 Å². The molecule has 0 saturated heterocycles. The van der Waals surface area contributed by atoms with Crippen molar-refractivity contribution in [3.63, 3.8) is 0 Å². The number of carbonyl (C=O) groups excluding carboxylic acids is 1. The Kier molecular flexibility index (Phi) is 23.6. The van der Waals surface area contributed by atoms with Crippen LogP contribution >= 0.6 is 0 Å². The predicted octanol–water partition coefficient (Wildman–Crippen LogP) is 8.63. The number of allylic oxidation sites excluding steroid dienone is 2. The van der Waals surface area contributed by atoms with Gasteiger partial charge in [-0.15, -0.1) is 0 Å². The van der Waals surface area contributed by atoms with Crippen molar-refractivity contribution in [2.24, 2.45) is 5.73 Å². The number of amides is 1. The fourth-order valence-corrected chi connectivity index (χ4v) is 3.80. The van der Waals surface area contributed by atoms with E-state index in [-0.39, 0.29) is 5.91 Å². The minimum Gasteiger partial charge on any atom is -0.370 e. The van der Waals surface area contributed by atoms with Crippen LogP contribution in [0.4, 0.5) is 0 Å². The minimum absolute atomic E-state index is 0.201. The van der Waals surface area contributed by atoms with Crippen LogP contribution in [-0.4, -0.2) is 5.91 Å². The highest BCUT2D eigenvalue weighted by Gasteiger charge is 1.95. The minimum atomic E-state index is -0.201. The normalized spacial score (nSPS) is 11.5. The molecule has 0 aliphatic rings. The molecule has 0 aromatic rings. The fourth-order valence-electron chi connectivity index (χ4n) is 3.80. The Morgan fingerprint density at radius 1 is 0.536 bits per heavy atom. The molecule has 0 bridgehead atoms. The van der Waals surface area contributed by atoms with E-state index in [0.29, 0.717) is 6.42 Å². The van der Waals surface area contributed by atoms with Gasteiger partial charge in [0.05, 0.1) is 0 Å². The summed E-state index contributed by atoms with van der Waals surface area (Å²) in [5.74, 6) is -0.201. The average molecular weight is 394 g/mol. The largest absolute Gasteiger partial charge is 0.370 e. The van der Waals surface area contributed by atoms with E-state index in [1.165, 1.54) is 122 Å². The highest BCUT2D eigenvalue weighted by molar-refractivity contribution is 5.73. The average Bonchev–Trinajstić information content (AvgIpc) is 2.68. The Labute approximate surface area is 177 Å². The van der Waals surface area contributed by atoms with Gasteiger partial charge in [0.2, 0.25) is 5.91 Å². The fraction of sp³-hybridized carbons (Fsp3) is 0.885. The third-order valence-corrected chi connectivity index (χ3v) is 5.70. The van der Waals surface area contributed by atoms with Crippen LogP contribution in [0.15, 0.2) is 12.2 Å². The molecule has 0 atom stereocenters. The van der Waals surface area contributed by atoms with E-state index in [9.17, 15) is 4.79 Å². The maximum Gasteiger partial charge on any atom is 0.217 e. The number of unbranched alkanes of at least 4 members (excludes halogenated alkanes) is 19. The lowest BCUT2D eigenvalue weighted by molar-refractivity contribution is -0.117. The third-order valence-electron chi connectivity index (χ3n) is 5.70. The second-order valence-corrected chi connectivity index (χ2v) is 8.63. The first kappa shape index (κ1) is 27.2. The van der Waals surface area contributed by atoms with Crippen LogP contribution < -0.4 is 5.73 Å². The molecule has 1 amide bonds. The molecule has 0 saturated carbocycles. The molecule has 0 heterocycles. The summed E-state index contributed by atoms with van der Waals surface area (Å²) in [7, 11) is 0. The third kappa shape index (κ3) is 25.2. The molecular weight excluding hydrogens is 342 g/mol. The van der Waals surface area contributed by atoms with Crippen LogP contribution in [0.1, 0.15) is 148 Å². The van der Waals surface area contributed by atoms with Gasteiger partial charge in [-0.3, -0.25) is 4.79 Å². The molecule has 0 aromatic carbocycles. The Balaban J connectivity index is 3.04. The summed E-state index contributed by atoms with van der Waals surface area (Å²) >= 11 is 0. The predicted molar refractivity (Wildman–Crippen MR) is 126 cm³/mol. The first-order valence-corrected chi connectivity index (χ1v) is 12.7. The van der Waals surface area contributed by atoms with Crippen LogP contribution in [0.2, 0.25) is 0 Å². The SMILES string of the molecule is CCCCCCCCCCCCCCCCCCCCCC=CCCC(N)=O. The molecule has 2 N–H and O–H groups in total. The quantitative estimate of drug-likeness (QED) is 0.137. The molecule has 0 aliphatic carbocycles. The first-order chi connectivity index (χ1) is 13.8. The monoisotopic (exact) mass is 393 g/mol. The Morgan fingerprint density at radius 2 is 0.857 bits per heavy atom. The molecule has 0 rings (SSSR count). The summed E-state index contributed by atoms with van der Waals surface area (Å²) < 4.78 is 0. The summed E-state index contributed by atoms with van der Waals surface area (Å²) in [4.78, 5) is 10.6.